The lowest BCUT2D eigenvalue weighted by Gasteiger charge is -2.34. The van der Waals surface area contributed by atoms with Gasteiger partial charge in [0.15, 0.2) is 5.78 Å². The lowest BCUT2D eigenvalue weighted by atomic mass is 9.85. The maximum atomic E-state index is 12.9. The van der Waals surface area contributed by atoms with E-state index in [-0.39, 0.29) is 29.0 Å². The van der Waals surface area contributed by atoms with Crippen LogP contribution in [-0.2, 0) is 14.4 Å². The van der Waals surface area contributed by atoms with Crippen LogP contribution in [0.4, 0.5) is 10.5 Å². The Hall–Kier alpha value is -3.81. The SMILES string of the molecule is C[C@H]1CCCC[C@@H]1N1C(=O)C(=O)N(CC(=O)Nc2ccccc2C(=O)c2ccccc2)C1=O. The van der Waals surface area contributed by atoms with E-state index in [0.717, 1.165) is 24.2 Å². The number of anilines is 1. The Morgan fingerprint density at radius 2 is 1.58 bits per heavy atom. The van der Waals surface area contributed by atoms with E-state index in [1.54, 1.807) is 54.6 Å². The Morgan fingerprint density at radius 3 is 2.30 bits per heavy atom. The van der Waals surface area contributed by atoms with E-state index in [2.05, 4.69) is 5.32 Å². The fourth-order valence-corrected chi connectivity index (χ4v) is 4.50. The molecule has 0 unspecified atom stereocenters. The highest BCUT2D eigenvalue weighted by molar-refractivity contribution is 6.45. The molecule has 0 radical (unpaired) electrons. The Morgan fingerprint density at radius 1 is 0.909 bits per heavy atom. The van der Waals surface area contributed by atoms with Crippen LogP contribution < -0.4 is 5.32 Å². The highest BCUT2D eigenvalue weighted by atomic mass is 16.2. The van der Waals surface area contributed by atoms with Crippen molar-refractivity contribution >= 4 is 35.2 Å². The van der Waals surface area contributed by atoms with Crippen LogP contribution in [-0.4, -0.2) is 51.9 Å². The number of carbonyl (C=O) groups is 5. The first kappa shape index (κ1) is 22.4. The third-order valence-corrected chi connectivity index (χ3v) is 6.27. The van der Waals surface area contributed by atoms with Crippen molar-refractivity contribution in [2.75, 3.05) is 11.9 Å². The average molecular weight is 447 g/mol. The summed E-state index contributed by atoms with van der Waals surface area (Å²) in [6.07, 6.45) is 3.44. The maximum absolute atomic E-state index is 12.9. The van der Waals surface area contributed by atoms with E-state index in [1.165, 1.54) is 0 Å². The van der Waals surface area contributed by atoms with E-state index in [9.17, 15) is 24.0 Å². The summed E-state index contributed by atoms with van der Waals surface area (Å²) in [7, 11) is 0. The third-order valence-electron chi connectivity index (χ3n) is 6.27. The molecule has 1 heterocycles. The topological polar surface area (TPSA) is 104 Å². The summed E-state index contributed by atoms with van der Waals surface area (Å²) in [6.45, 7) is 1.36. The third kappa shape index (κ3) is 4.41. The molecule has 1 saturated carbocycles. The first-order chi connectivity index (χ1) is 15.9. The molecule has 2 aromatic carbocycles. The van der Waals surface area contributed by atoms with Crippen molar-refractivity contribution in [3.8, 4) is 0 Å². The van der Waals surface area contributed by atoms with Gasteiger partial charge in [-0.15, -0.1) is 0 Å². The molecule has 1 saturated heterocycles. The molecule has 2 aliphatic rings. The molecule has 170 valence electrons. The van der Waals surface area contributed by atoms with Crippen molar-refractivity contribution in [1.82, 2.24) is 9.80 Å². The normalized spacial score (nSPS) is 20.8. The summed E-state index contributed by atoms with van der Waals surface area (Å²) in [5, 5.41) is 2.61. The first-order valence-electron chi connectivity index (χ1n) is 11.1. The van der Waals surface area contributed by atoms with Gasteiger partial charge >= 0.3 is 17.8 Å². The van der Waals surface area contributed by atoms with Crippen molar-refractivity contribution in [2.24, 2.45) is 5.92 Å². The number of benzene rings is 2. The Bertz CT molecular complexity index is 1110. The van der Waals surface area contributed by atoms with E-state index >= 15 is 0 Å². The van der Waals surface area contributed by atoms with Gasteiger partial charge in [-0.25, -0.2) is 9.69 Å². The number of carbonyl (C=O) groups excluding carboxylic acids is 5. The van der Waals surface area contributed by atoms with Gasteiger partial charge in [-0.1, -0.05) is 62.2 Å². The Balaban J connectivity index is 1.48. The van der Waals surface area contributed by atoms with E-state index < -0.39 is 30.3 Å². The second kappa shape index (κ2) is 9.36. The minimum absolute atomic E-state index is 0.101. The number of rotatable bonds is 6. The number of urea groups is 1. The summed E-state index contributed by atoms with van der Waals surface area (Å²) in [5.41, 5.74) is 1.01. The second-order valence-corrected chi connectivity index (χ2v) is 8.47. The van der Waals surface area contributed by atoms with E-state index in [0.29, 0.717) is 16.9 Å². The minimum Gasteiger partial charge on any atom is -0.324 e. The molecule has 2 fully saturated rings. The molecule has 1 N–H and O–H groups in total. The standard InChI is InChI=1S/C25H25N3O5/c1-16-9-5-8-14-20(16)28-24(32)23(31)27(25(28)33)15-21(29)26-19-13-7-6-12-18(19)22(30)17-10-3-2-4-11-17/h2-4,6-7,10-13,16,20H,5,8-9,14-15H2,1H3,(H,26,29)/t16-,20-/m0/s1. The smallest absolute Gasteiger partial charge is 0.324 e. The maximum Gasteiger partial charge on any atom is 0.334 e. The summed E-state index contributed by atoms with van der Waals surface area (Å²) in [5.74, 6) is -2.72. The van der Waals surface area contributed by atoms with Crippen molar-refractivity contribution in [1.29, 1.82) is 0 Å². The number of amides is 5. The molecule has 1 aliphatic carbocycles. The number of ketones is 1. The van der Waals surface area contributed by atoms with Gasteiger partial charge < -0.3 is 5.32 Å². The van der Waals surface area contributed by atoms with Crippen LogP contribution in [0.3, 0.4) is 0 Å². The molecule has 0 aromatic heterocycles. The molecule has 0 bridgehead atoms. The zero-order valence-corrected chi connectivity index (χ0v) is 18.3. The fraction of sp³-hybridized carbons (Fsp3) is 0.320. The summed E-state index contributed by atoms with van der Waals surface area (Å²) < 4.78 is 0. The van der Waals surface area contributed by atoms with Gasteiger partial charge in [-0.2, -0.15) is 0 Å². The largest absolute Gasteiger partial charge is 0.334 e. The van der Waals surface area contributed by atoms with Crippen molar-refractivity contribution in [3.05, 3.63) is 65.7 Å². The number of imide groups is 2. The molecule has 2 atom stereocenters. The van der Waals surface area contributed by atoms with Gasteiger partial charge in [0.25, 0.3) is 0 Å². The molecule has 8 nitrogen and oxygen atoms in total. The minimum atomic E-state index is -0.999. The lowest BCUT2D eigenvalue weighted by molar-refractivity contribution is -0.145. The van der Waals surface area contributed by atoms with Gasteiger partial charge in [-0.05, 0) is 30.9 Å². The summed E-state index contributed by atoms with van der Waals surface area (Å²) in [6, 6.07) is 14.1. The molecule has 2 aromatic rings. The molecular formula is C25H25N3O5. The second-order valence-electron chi connectivity index (χ2n) is 8.47. The van der Waals surface area contributed by atoms with Crippen LogP contribution in [0.15, 0.2) is 54.6 Å². The summed E-state index contributed by atoms with van der Waals surface area (Å²) in [4.78, 5) is 65.2. The zero-order valence-electron chi connectivity index (χ0n) is 18.3. The van der Waals surface area contributed by atoms with Crippen molar-refractivity contribution in [3.63, 3.8) is 0 Å². The van der Waals surface area contributed by atoms with Gasteiger partial charge in [-0.3, -0.25) is 24.1 Å². The number of hydrogen-bond acceptors (Lipinski definition) is 5. The molecule has 5 amide bonds. The molecular weight excluding hydrogens is 422 g/mol. The van der Waals surface area contributed by atoms with E-state index in [4.69, 9.17) is 0 Å². The van der Waals surface area contributed by atoms with Gasteiger partial charge in [0.05, 0.1) is 5.69 Å². The predicted molar refractivity (Wildman–Crippen MR) is 120 cm³/mol. The molecule has 0 spiro atoms. The van der Waals surface area contributed by atoms with Crippen LogP contribution in [0, 0.1) is 5.92 Å². The van der Waals surface area contributed by atoms with Gasteiger partial charge in [0.1, 0.15) is 6.54 Å². The van der Waals surface area contributed by atoms with Crippen LogP contribution in [0.25, 0.3) is 0 Å². The molecule has 33 heavy (non-hydrogen) atoms. The predicted octanol–water partition coefficient (Wildman–Crippen LogP) is 3.23. The fourth-order valence-electron chi connectivity index (χ4n) is 4.50. The quantitative estimate of drug-likeness (QED) is 0.416. The first-order valence-corrected chi connectivity index (χ1v) is 11.1. The van der Waals surface area contributed by atoms with Crippen LogP contribution >= 0.6 is 0 Å². The summed E-state index contributed by atoms with van der Waals surface area (Å²) >= 11 is 0. The van der Waals surface area contributed by atoms with Crippen molar-refractivity contribution < 1.29 is 24.0 Å². The number of para-hydroxylation sites is 1. The number of nitrogens with zero attached hydrogens (tertiary/aromatic N) is 2. The number of hydrogen-bond donors (Lipinski definition) is 1. The Kier molecular flexibility index (Phi) is 6.35. The molecule has 4 rings (SSSR count). The van der Waals surface area contributed by atoms with Crippen molar-refractivity contribution in [2.45, 2.75) is 38.6 Å². The number of nitrogens with one attached hydrogen (secondary N) is 1. The Labute approximate surface area is 191 Å². The van der Waals surface area contributed by atoms with Crippen LogP contribution in [0.2, 0.25) is 0 Å². The van der Waals surface area contributed by atoms with Crippen LogP contribution in [0.5, 0.6) is 0 Å². The van der Waals surface area contributed by atoms with Crippen LogP contribution in [0.1, 0.15) is 48.5 Å². The molecule has 8 heteroatoms. The molecule has 1 aliphatic heterocycles. The average Bonchev–Trinajstić information content (AvgIpc) is 3.03. The van der Waals surface area contributed by atoms with Gasteiger partial charge in [0.2, 0.25) is 5.91 Å². The lowest BCUT2D eigenvalue weighted by Crippen LogP contribution is -2.46. The highest BCUT2D eigenvalue weighted by Crippen LogP contribution is 2.31. The van der Waals surface area contributed by atoms with E-state index in [1.807, 2.05) is 6.92 Å². The van der Waals surface area contributed by atoms with Gasteiger partial charge in [0, 0.05) is 17.2 Å². The monoisotopic (exact) mass is 447 g/mol. The highest BCUT2D eigenvalue weighted by Gasteiger charge is 2.49. The zero-order chi connectivity index (χ0) is 23.5.